The Morgan fingerprint density at radius 1 is 1.19 bits per heavy atom. The van der Waals surface area contributed by atoms with Gasteiger partial charge in [0.05, 0.1) is 13.7 Å². The van der Waals surface area contributed by atoms with E-state index in [2.05, 4.69) is 17.4 Å². The standard InChI is InChI=1S/C11H13FO2S.C6H5FS.C5H8O3.CH4.H2/c1-8(13)11(2,14)7-15-10-5-3-9(12)4-6-10;7-5-1-3-6(8)4-2-5;1-5(3-8-5)4(6)7-2;;/h3-6,14H,7H2,1-2H3;1-4,8H;3H2,1-2H3;1H4;1H/i;;;;1+1. The number of hydrogen-bond acceptors (Lipinski definition) is 7. The van der Waals surface area contributed by atoms with E-state index in [1.165, 1.54) is 57.0 Å². The van der Waals surface area contributed by atoms with E-state index >= 15 is 0 Å². The molecule has 0 spiro atoms. The quantitative estimate of drug-likeness (QED) is 0.259. The Labute approximate surface area is 199 Å². The summed E-state index contributed by atoms with van der Waals surface area (Å²) in [5.41, 5.74) is -1.92. The van der Waals surface area contributed by atoms with Gasteiger partial charge in [0, 0.05) is 17.0 Å². The molecule has 0 radical (unpaired) electrons. The summed E-state index contributed by atoms with van der Waals surface area (Å²) in [6, 6.07) is 11.9. The van der Waals surface area contributed by atoms with Crippen molar-refractivity contribution >= 4 is 36.1 Å². The topological polar surface area (TPSA) is 76.1 Å². The van der Waals surface area contributed by atoms with Gasteiger partial charge in [-0.15, -0.1) is 24.4 Å². The number of thiol groups is 1. The zero-order chi connectivity index (χ0) is 23.7. The first-order valence-electron chi connectivity index (χ1n) is 9.18. The number of esters is 1. The Balaban J connectivity index is 0. The molecule has 0 amide bonds. The number of rotatable bonds is 5. The Morgan fingerprint density at radius 2 is 1.62 bits per heavy atom. The number of carbonyl (C=O) groups is 2. The summed E-state index contributed by atoms with van der Waals surface area (Å²) < 4.78 is 33.8. The summed E-state index contributed by atoms with van der Waals surface area (Å²) in [6.07, 6.45) is 0. The molecule has 1 N–H and O–H groups in total. The predicted molar refractivity (Wildman–Crippen MR) is 127 cm³/mol. The van der Waals surface area contributed by atoms with E-state index in [4.69, 9.17) is 4.74 Å². The van der Waals surface area contributed by atoms with E-state index in [1.807, 2.05) is 0 Å². The summed E-state index contributed by atoms with van der Waals surface area (Å²) in [6.45, 7) is 5.04. The molecule has 2 aromatic carbocycles. The smallest absolute Gasteiger partial charge is 0.340 e. The fourth-order valence-corrected chi connectivity index (χ4v) is 2.87. The van der Waals surface area contributed by atoms with Crippen LogP contribution >= 0.6 is 24.4 Å². The van der Waals surface area contributed by atoms with Crippen LogP contribution in [0.3, 0.4) is 0 Å². The predicted octanol–water partition coefficient (Wildman–Crippen LogP) is 5.20. The third-order valence-corrected chi connectivity index (χ3v) is 5.72. The van der Waals surface area contributed by atoms with Crippen LogP contribution < -0.4 is 0 Å². The second kappa shape index (κ2) is 13.6. The molecule has 1 saturated heterocycles. The number of ketones is 1. The zero-order valence-electron chi connectivity index (χ0n) is 17.7. The molecular weight excluding hydrogens is 458 g/mol. The normalized spacial score (nSPS) is 17.8. The second-order valence-electron chi connectivity index (χ2n) is 7.06. The van der Waals surface area contributed by atoms with Gasteiger partial charge in [0.2, 0.25) is 0 Å². The zero-order valence-corrected chi connectivity index (χ0v) is 19.4. The molecule has 2 unspecified atom stereocenters. The largest absolute Gasteiger partial charge is 0.467 e. The van der Waals surface area contributed by atoms with Crippen LogP contribution in [-0.2, 0) is 19.1 Å². The Morgan fingerprint density at radius 3 is 1.94 bits per heavy atom. The molecular formula is C23H32F2O5S2. The van der Waals surface area contributed by atoms with E-state index in [0.717, 1.165) is 9.79 Å². The van der Waals surface area contributed by atoms with Crippen LogP contribution in [0.4, 0.5) is 8.78 Å². The van der Waals surface area contributed by atoms with Gasteiger partial charge in [-0.05, 0) is 69.3 Å². The van der Waals surface area contributed by atoms with Gasteiger partial charge in [-0.1, -0.05) is 7.43 Å². The highest BCUT2D eigenvalue weighted by atomic mass is 32.2. The summed E-state index contributed by atoms with van der Waals surface area (Å²) in [7, 11) is 1.36. The van der Waals surface area contributed by atoms with Gasteiger partial charge < -0.3 is 14.6 Å². The molecule has 32 heavy (non-hydrogen) atoms. The summed E-state index contributed by atoms with van der Waals surface area (Å²) in [4.78, 5) is 23.2. The van der Waals surface area contributed by atoms with E-state index in [9.17, 15) is 23.5 Å². The van der Waals surface area contributed by atoms with Crippen molar-refractivity contribution in [1.29, 1.82) is 0 Å². The minimum atomic E-state index is -1.32. The van der Waals surface area contributed by atoms with Gasteiger partial charge in [0.1, 0.15) is 17.2 Å². The number of benzene rings is 2. The molecule has 0 aromatic heterocycles. The number of hydrogen-bond donors (Lipinski definition) is 2. The molecule has 2 atom stereocenters. The van der Waals surface area contributed by atoms with E-state index in [0.29, 0.717) is 6.61 Å². The van der Waals surface area contributed by atoms with Crippen molar-refractivity contribution in [2.45, 2.75) is 49.2 Å². The lowest BCUT2D eigenvalue weighted by Gasteiger charge is -2.18. The number of thioether (sulfide) groups is 1. The van der Waals surface area contributed by atoms with Crippen LogP contribution in [-0.4, -0.2) is 47.5 Å². The molecule has 3 rings (SSSR count). The van der Waals surface area contributed by atoms with E-state index < -0.39 is 11.2 Å². The fraction of sp³-hybridized carbons (Fsp3) is 0.391. The highest BCUT2D eigenvalue weighted by Gasteiger charge is 2.48. The molecule has 1 aliphatic rings. The number of methoxy groups -OCH3 is 1. The van der Waals surface area contributed by atoms with Crippen molar-refractivity contribution in [2.75, 3.05) is 19.5 Å². The highest BCUT2D eigenvalue weighted by molar-refractivity contribution is 7.99. The monoisotopic (exact) mass is 491 g/mol. The number of Topliss-reactive ketones (excluding diaryl/α,β-unsaturated/α-hetero) is 1. The first-order chi connectivity index (χ1) is 14.4. The highest BCUT2D eigenvalue weighted by Crippen LogP contribution is 2.26. The molecule has 0 aliphatic carbocycles. The lowest BCUT2D eigenvalue weighted by Crippen LogP contribution is -2.35. The molecule has 9 heteroatoms. The van der Waals surface area contributed by atoms with Gasteiger partial charge in [-0.2, -0.15) is 0 Å². The molecule has 1 heterocycles. The minimum Gasteiger partial charge on any atom is -0.467 e. The molecule has 1 fully saturated rings. The lowest BCUT2D eigenvalue weighted by atomic mass is 10.1. The van der Waals surface area contributed by atoms with Crippen LogP contribution in [0.5, 0.6) is 0 Å². The van der Waals surface area contributed by atoms with Crippen molar-refractivity contribution in [1.82, 2.24) is 0 Å². The fourth-order valence-electron chi connectivity index (χ4n) is 1.74. The molecule has 2 aromatic rings. The molecule has 180 valence electrons. The molecule has 1 aliphatic heterocycles. The van der Waals surface area contributed by atoms with Crippen molar-refractivity contribution in [3.8, 4) is 0 Å². The van der Waals surface area contributed by atoms with E-state index in [-0.39, 0.29) is 38.0 Å². The Kier molecular flexibility index (Phi) is 12.7. The number of halogens is 2. The second-order valence-corrected chi connectivity index (χ2v) is 8.63. The summed E-state index contributed by atoms with van der Waals surface area (Å²) in [5.74, 6) is -0.788. The lowest BCUT2D eigenvalue weighted by molar-refractivity contribution is -0.146. The maximum Gasteiger partial charge on any atom is 0.340 e. The minimum absolute atomic E-state index is 0. The van der Waals surface area contributed by atoms with Crippen molar-refractivity contribution in [3.63, 3.8) is 0 Å². The number of epoxide rings is 1. The molecule has 0 saturated carbocycles. The van der Waals surface area contributed by atoms with Crippen molar-refractivity contribution < 1.29 is 34.4 Å². The van der Waals surface area contributed by atoms with E-state index in [1.54, 1.807) is 31.2 Å². The summed E-state index contributed by atoms with van der Waals surface area (Å²) in [5, 5.41) is 9.66. The third-order valence-electron chi connectivity index (χ3n) is 4.11. The average molecular weight is 492 g/mol. The van der Waals surface area contributed by atoms with Crippen LogP contribution in [0.2, 0.25) is 0 Å². The first kappa shape index (κ1) is 30.1. The number of aliphatic hydroxyl groups is 1. The maximum absolute atomic E-state index is 12.6. The number of carbonyl (C=O) groups excluding carboxylic acids is 2. The Bertz CT molecular complexity index is 837. The van der Waals surface area contributed by atoms with Crippen molar-refractivity contribution in [2.24, 2.45) is 0 Å². The van der Waals surface area contributed by atoms with Crippen LogP contribution in [0.25, 0.3) is 0 Å². The van der Waals surface area contributed by atoms with Gasteiger partial charge in [-0.3, -0.25) is 4.79 Å². The average Bonchev–Trinajstić information content (AvgIpc) is 3.49. The molecule has 0 bridgehead atoms. The first-order valence-corrected chi connectivity index (χ1v) is 10.6. The van der Waals surface area contributed by atoms with Gasteiger partial charge in [0.25, 0.3) is 0 Å². The Hall–Kier alpha value is -1.94. The van der Waals surface area contributed by atoms with Crippen LogP contribution in [0, 0.1) is 11.6 Å². The number of ether oxygens (including phenoxy) is 2. The molecule has 5 nitrogen and oxygen atoms in total. The third kappa shape index (κ3) is 11.1. The van der Waals surface area contributed by atoms with Gasteiger partial charge >= 0.3 is 5.97 Å². The van der Waals surface area contributed by atoms with Crippen molar-refractivity contribution in [3.05, 3.63) is 60.2 Å². The SMILES string of the molecule is C.CC(=O)C(C)(O)CSc1ccc(F)cc1.COC(=O)C1(C)CO1.Fc1ccc(S)cc1.[2HH]. The van der Waals surface area contributed by atoms with Crippen LogP contribution in [0.15, 0.2) is 58.3 Å². The van der Waals surface area contributed by atoms with Gasteiger partial charge in [-0.25, -0.2) is 13.6 Å². The van der Waals surface area contributed by atoms with Crippen LogP contribution in [0.1, 0.15) is 29.6 Å². The van der Waals surface area contributed by atoms with Gasteiger partial charge in [0.15, 0.2) is 11.4 Å². The summed E-state index contributed by atoms with van der Waals surface area (Å²) >= 11 is 5.29. The maximum atomic E-state index is 12.6.